The van der Waals surface area contributed by atoms with Crippen LogP contribution in [0.15, 0.2) is 76.1 Å². The van der Waals surface area contributed by atoms with Crippen LogP contribution in [0, 0.1) is 26.2 Å². The van der Waals surface area contributed by atoms with Gasteiger partial charge in [-0.3, -0.25) is 5.41 Å². The topological polar surface area (TPSA) is 101 Å². The lowest BCUT2D eigenvalue weighted by atomic mass is 10.1. The second kappa shape index (κ2) is 8.36. The third-order valence-corrected chi connectivity index (χ3v) is 4.90. The van der Waals surface area contributed by atoms with Crippen LogP contribution in [0.25, 0.3) is 22.9 Å². The first-order valence-electron chi connectivity index (χ1n) is 9.92. The summed E-state index contributed by atoms with van der Waals surface area (Å²) in [5, 5.41) is 16.8. The SMILES string of the molecule is Cc1ccc(C(N)=NC(=N)c2cc(C)cc(-c3nnc(-c4ccc(C)cc4)o3)c2)cc1. The fourth-order valence-electron chi connectivity index (χ4n) is 3.17. The molecular formula is C25H23N5O. The molecule has 4 aromatic rings. The van der Waals surface area contributed by atoms with E-state index in [1.165, 1.54) is 0 Å². The van der Waals surface area contributed by atoms with E-state index < -0.39 is 0 Å². The minimum atomic E-state index is 0.0706. The van der Waals surface area contributed by atoms with Gasteiger partial charge >= 0.3 is 0 Å². The third kappa shape index (κ3) is 4.59. The molecule has 3 N–H and O–H groups in total. The maximum Gasteiger partial charge on any atom is 0.248 e. The zero-order valence-electron chi connectivity index (χ0n) is 17.7. The molecule has 31 heavy (non-hydrogen) atoms. The molecule has 0 bridgehead atoms. The van der Waals surface area contributed by atoms with Crippen LogP contribution >= 0.6 is 0 Å². The van der Waals surface area contributed by atoms with Crippen LogP contribution in [0.4, 0.5) is 0 Å². The summed E-state index contributed by atoms with van der Waals surface area (Å²) in [6.07, 6.45) is 0. The standard InChI is InChI=1S/C25H23N5O/c1-15-4-8-18(9-5-15)22(26)28-23(27)20-12-17(3)13-21(14-20)25-30-29-24(31-25)19-10-6-16(2)7-11-19/h4-14H,1-3H3,(H3,26,27,28). The highest BCUT2D eigenvalue weighted by atomic mass is 16.4. The van der Waals surface area contributed by atoms with E-state index in [1.807, 2.05) is 87.5 Å². The van der Waals surface area contributed by atoms with Crippen LogP contribution in [0.3, 0.4) is 0 Å². The van der Waals surface area contributed by atoms with Gasteiger partial charge in [0.05, 0.1) is 0 Å². The van der Waals surface area contributed by atoms with E-state index in [2.05, 4.69) is 15.2 Å². The largest absolute Gasteiger partial charge is 0.416 e. The molecule has 0 spiro atoms. The summed E-state index contributed by atoms with van der Waals surface area (Å²) in [4.78, 5) is 4.30. The molecule has 0 aliphatic rings. The Morgan fingerprint density at radius 3 is 1.97 bits per heavy atom. The van der Waals surface area contributed by atoms with Gasteiger partial charge in [0.25, 0.3) is 0 Å². The summed E-state index contributed by atoms with van der Waals surface area (Å²) in [5.41, 5.74) is 12.4. The lowest BCUT2D eigenvalue weighted by Crippen LogP contribution is -2.16. The molecule has 6 heteroatoms. The molecule has 0 radical (unpaired) electrons. The molecule has 0 aliphatic carbocycles. The number of hydrogen-bond donors (Lipinski definition) is 2. The van der Waals surface area contributed by atoms with Gasteiger partial charge in [-0.2, -0.15) is 0 Å². The fraction of sp³-hybridized carbons (Fsp3) is 0.120. The number of benzene rings is 3. The van der Waals surface area contributed by atoms with Gasteiger partial charge in [0, 0.05) is 22.3 Å². The molecule has 1 heterocycles. The number of aromatic nitrogens is 2. The number of aryl methyl sites for hydroxylation is 3. The van der Waals surface area contributed by atoms with Gasteiger partial charge in [0.1, 0.15) is 5.84 Å². The molecule has 6 nitrogen and oxygen atoms in total. The molecule has 0 fully saturated rings. The van der Waals surface area contributed by atoms with E-state index in [4.69, 9.17) is 15.6 Å². The number of hydrogen-bond acceptors (Lipinski definition) is 4. The lowest BCUT2D eigenvalue weighted by molar-refractivity contribution is 0.584. The second-order valence-corrected chi connectivity index (χ2v) is 7.58. The Bertz CT molecular complexity index is 1270. The molecule has 0 aliphatic heterocycles. The summed E-state index contributed by atoms with van der Waals surface area (Å²) in [6, 6.07) is 21.3. The maximum absolute atomic E-state index is 8.43. The van der Waals surface area contributed by atoms with Crippen molar-refractivity contribution >= 4 is 11.7 Å². The summed E-state index contributed by atoms with van der Waals surface area (Å²) < 4.78 is 5.89. The van der Waals surface area contributed by atoms with Crippen molar-refractivity contribution in [3.8, 4) is 22.9 Å². The van der Waals surface area contributed by atoms with Crippen LogP contribution in [0.2, 0.25) is 0 Å². The molecule has 3 aromatic carbocycles. The number of aliphatic imine (C=N–C) groups is 1. The molecule has 0 saturated heterocycles. The van der Waals surface area contributed by atoms with Crippen molar-refractivity contribution in [2.75, 3.05) is 0 Å². The smallest absolute Gasteiger partial charge is 0.248 e. The van der Waals surface area contributed by atoms with E-state index in [9.17, 15) is 0 Å². The number of rotatable bonds is 4. The zero-order valence-corrected chi connectivity index (χ0v) is 17.7. The monoisotopic (exact) mass is 409 g/mol. The quantitative estimate of drug-likeness (QED) is 0.363. The summed E-state index contributed by atoms with van der Waals surface area (Å²) in [6.45, 7) is 5.99. The van der Waals surface area contributed by atoms with E-state index in [0.29, 0.717) is 23.2 Å². The predicted octanol–water partition coefficient (Wildman–Crippen LogP) is 5.06. The van der Waals surface area contributed by atoms with Crippen LogP contribution in [0.1, 0.15) is 27.8 Å². The molecule has 0 saturated carbocycles. The molecule has 0 atom stereocenters. The Morgan fingerprint density at radius 2 is 1.32 bits per heavy atom. The number of nitrogens with zero attached hydrogens (tertiary/aromatic N) is 3. The summed E-state index contributed by atoms with van der Waals surface area (Å²) >= 11 is 0. The molecule has 1 aromatic heterocycles. The van der Waals surface area contributed by atoms with Crippen LogP contribution < -0.4 is 5.73 Å². The number of nitrogens with one attached hydrogen (secondary N) is 1. The summed E-state index contributed by atoms with van der Waals surface area (Å²) in [7, 11) is 0. The van der Waals surface area contributed by atoms with Gasteiger partial charge in [0.15, 0.2) is 5.84 Å². The van der Waals surface area contributed by atoms with E-state index >= 15 is 0 Å². The third-order valence-electron chi connectivity index (χ3n) is 4.90. The average Bonchev–Trinajstić information content (AvgIpc) is 3.24. The maximum atomic E-state index is 8.43. The van der Waals surface area contributed by atoms with Gasteiger partial charge in [-0.25, -0.2) is 4.99 Å². The van der Waals surface area contributed by atoms with Gasteiger partial charge in [-0.05, 0) is 56.7 Å². The van der Waals surface area contributed by atoms with Crippen LogP contribution in [-0.4, -0.2) is 21.9 Å². The van der Waals surface area contributed by atoms with Gasteiger partial charge in [-0.1, -0.05) is 47.5 Å². The van der Waals surface area contributed by atoms with Crippen LogP contribution in [0.5, 0.6) is 0 Å². The van der Waals surface area contributed by atoms with Gasteiger partial charge in [-0.15, -0.1) is 10.2 Å². The highest BCUT2D eigenvalue weighted by Gasteiger charge is 2.13. The first-order valence-corrected chi connectivity index (χ1v) is 9.92. The normalized spacial score (nSPS) is 11.5. The second-order valence-electron chi connectivity index (χ2n) is 7.58. The van der Waals surface area contributed by atoms with Crippen LogP contribution in [-0.2, 0) is 0 Å². The minimum Gasteiger partial charge on any atom is -0.416 e. The lowest BCUT2D eigenvalue weighted by Gasteiger charge is -2.06. The molecule has 4 rings (SSSR count). The van der Waals surface area contributed by atoms with Crippen molar-refractivity contribution in [3.63, 3.8) is 0 Å². The van der Waals surface area contributed by atoms with Crippen molar-refractivity contribution in [2.45, 2.75) is 20.8 Å². The summed E-state index contributed by atoms with van der Waals surface area (Å²) in [5.74, 6) is 1.22. The highest BCUT2D eigenvalue weighted by molar-refractivity contribution is 6.10. The van der Waals surface area contributed by atoms with E-state index in [1.54, 1.807) is 0 Å². The Kier molecular flexibility index (Phi) is 5.45. The van der Waals surface area contributed by atoms with Gasteiger partial charge in [0.2, 0.25) is 11.8 Å². The molecule has 0 unspecified atom stereocenters. The van der Waals surface area contributed by atoms with Gasteiger partial charge < -0.3 is 10.2 Å². The van der Waals surface area contributed by atoms with Crippen molar-refractivity contribution in [2.24, 2.45) is 10.7 Å². The Balaban J connectivity index is 1.63. The predicted molar refractivity (Wildman–Crippen MR) is 123 cm³/mol. The molecular weight excluding hydrogens is 386 g/mol. The Morgan fingerprint density at radius 1 is 0.742 bits per heavy atom. The zero-order chi connectivity index (χ0) is 22.0. The average molecular weight is 409 g/mol. The van der Waals surface area contributed by atoms with Crippen molar-refractivity contribution in [3.05, 3.63) is 94.5 Å². The Hall–Kier alpha value is -4.06. The first kappa shape index (κ1) is 20.2. The minimum absolute atomic E-state index is 0.0706. The molecule has 154 valence electrons. The van der Waals surface area contributed by atoms with E-state index in [-0.39, 0.29) is 5.84 Å². The van der Waals surface area contributed by atoms with Crippen molar-refractivity contribution in [1.82, 2.24) is 10.2 Å². The van der Waals surface area contributed by atoms with Crippen molar-refractivity contribution in [1.29, 1.82) is 5.41 Å². The van der Waals surface area contributed by atoms with Crippen molar-refractivity contribution < 1.29 is 4.42 Å². The van der Waals surface area contributed by atoms with E-state index in [0.717, 1.165) is 33.4 Å². The fourth-order valence-corrected chi connectivity index (χ4v) is 3.17. The number of nitrogens with two attached hydrogens (primary N) is 1. The first-order chi connectivity index (χ1) is 14.9. The Labute approximate surface area is 181 Å². The highest BCUT2D eigenvalue weighted by Crippen LogP contribution is 2.26. The molecule has 0 amide bonds. The number of amidine groups is 2.